The van der Waals surface area contributed by atoms with Gasteiger partial charge in [0.1, 0.15) is 0 Å². The predicted octanol–water partition coefficient (Wildman–Crippen LogP) is 2.11. The first-order valence-corrected chi connectivity index (χ1v) is 3.38. The zero-order valence-corrected chi connectivity index (χ0v) is 6.69. The summed E-state index contributed by atoms with van der Waals surface area (Å²) in [6, 6.07) is 1.13. The average molecular weight is 195 g/mol. The zero-order chi connectivity index (χ0) is 8.59. The molecule has 11 heavy (non-hydrogen) atoms. The minimum Gasteiger partial charge on any atom is -0.503 e. The summed E-state index contributed by atoms with van der Waals surface area (Å²) in [6.07, 6.45) is 0. The van der Waals surface area contributed by atoms with E-state index in [1.807, 2.05) is 0 Å². The van der Waals surface area contributed by atoms with E-state index in [4.69, 9.17) is 38.5 Å². The monoisotopic (exact) mass is 194 g/mol. The van der Waals surface area contributed by atoms with Gasteiger partial charge in [0.25, 0.3) is 0 Å². The van der Waals surface area contributed by atoms with E-state index in [0.717, 1.165) is 6.07 Å². The first-order chi connectivity index (χ1) is 5.04. The molecule has 0 bridgehead atoms. The summed E-state index contributed by atoms with van der Waals surface area (Å²) in [5.41, 5.74) is 0. The molecule has 5 heteroatoms. The van der Waals surface area contributed by atoms with Crippen molar-refractivity contribution < 1.29 is 15.3 Å². The molecule has 0 saturated heterocycles. The highest BCUT2D eigenvalue weighted by molar-refractivity contribution is 6.36. The maximum Gasteiger partial charge on any atom is 0.203 e. The van der Waals surface area contributed by atoms with Crippen molar-refractivity contribution in [2.24, 2.45) is 0 Å². The van der Waals surface area contributed by atoms with Crippen molar-refractivity contribution in [3.8, 4) is 17.2 Å². The number of aromatic hydroxyl groups is 3. The fourth-order valence-corrected chi connectivity index (χ4v) is 1.04. The first kappa shape index (κ1) is 8.30. The van der Waals surface area contributed by atoms with E-state index in [-0.39, 0.29) is 10.0 Å². The van der Waals surface area contributed by atoms with Gasteiger partial charge >= 0.3 is 0 Å². The van der Waals surface area contributed by atoms with Crippen molar-refractivity contribution in [3.63, 3.8) is 0 Å². The number of hydrogen-bond donors (Lipinski definition) is 3. The molecule has 0 aliphatic rings. The SMILES string of the molecule is Oc1c(Cl)cc(Cl)c(O)c1O. The molecule has 0 amide bonds. The van der Waals surface area contributed by atoms with Crippen molar-refractivity contribution in [1.29, 1.82) is 0 Å². The van der Waals surface area contributed by atoms with Gasteiger partial charge in [0, 0.05) is 0 Å². The lowest BCUT2D eigenvalue weighted by molar-refractivity contribution is 0.368. The normalized spacial score (nSPS) is 10.0. The average Bonchev–Trinajstić information content (AvgIpc) is 1.97. The molecule has 60 valence electrons. The van der Waals surface area contributed by atoms with Crippen molar-refractivity contribution in [2.75, 3.05) is 0 Å². The van der Waals surface area contributed by atoms with Gasteiger partial charge in [0.05, 0.1) is 10.0 Å². The molecule has 0 fully saturated rings. The van der Waals surface area contributed by atoms with Gasteiger partial charge in [-0.15, -0.1) is 0 Å². The van der Waals surface area contributed by atoms with E-state index < -0.39 is 17.2 Å². The van der Waals surface area contributed by atoms with E-state index in [1.165, 1.54) is 0 Å². The molecule has 1 aromatic carbocycles. The van der Waals surface area contributed by atoms with E-state index in [1.54, 1.807) is 0 Å². The summed E-state index contributed by atoms with van der Waals surface area (Å²) in [6.45, 7) is 0. The molecule has 0 saturated carbocycles. The summed E-state index contributed by atoms with van der Waals surface area (Å²) < 4.78 is 0. The van der Waals surface area contributed by atoms with E-state index in [0.29, 0.717) is 0 Å². The minimum absolute atomic E-state index is 0.106. The van der Waals surface area contributed by atoms with Crippen LogP contribution in [0.15, 0.2) is 6.07 Å². The van der Waals surface area contributed by atoms with Crippen LogP contribution in [-0.4, -0.2) is 15.3 Å². The van der Waals surface area contributed by atoms with Gasteiger partial charge in [-0.25, -0.2) is 0 Å². The van der Waals surface area contributed by atoms with Crippen LogP contribution in [0.4, 0.5) is 0 Å². The molecule has 0 radical (unpaired) electrons. The summed E-state index contributed by atoms with van der Waals surface area (Å²) >= 11 is 10.8. The smallest absolute Gasteiger partial charge is 0.203 e. The van der Waals surface area contributed by atoms with Gasteiger partial charge in [0.15, 0.2) is 11.5 Å². The molecule has 0 aliphatic carbocycles. The van der Waals surface area contributed by atoms with E-state index >= 15 is 0 Å². The molecule has 0 aromatic heterocycles. The molecular weight excluding hydrogens is 191 g/mol. The highest BCUT2D eigenvalue weighted by Gasteiger charge is 2.13. The van der Waals surface area contributed by atoms with Crippen LogP contribution in [-0.2, 0) is 0 Å². The predicted molar refractivity (Wildman–Crippen MR) is 41.5 cm³/mol. The fraction of sp³-hybridized carbons (Fsp3) is 0. The molecule has 0 unspecified atom stereocenters. The first-order valence-electron chi connectivity index (χ1n) is 2.63. The molecule has 3 N–H and O–H groups in total. The van der Waals surface area contributed by atoms with Gasteiger partial charge in [-0.1, -0.05) is 23.2 Å². The van der Waals surface area contributed by atoms with Gasteiger partial charge in [-0.05, 0) is 6.07 Å². The Labute approximate surface area is 72.4 Å². The Kier molecular flexibility index (Phi) is 2.02. The van der Waals surface area contributed by atoms with Crippen LogP contribution in [0.1, 0.15) is 0 Å². The third kappa shape index (κ3) is 1.29. The molecule has 0 spiro atoms. The molecule has 1 rings (SSSR count). The molecule has 0 aliphatic heterocycles. The lowest BCUT2D eigenvalue weighted by Crippen LogP contribution is -1.74. The summed E-state index contributed by atoms with van der Waals surface area (Å²) in [7, 11) is 0. The van der Waals surface area contributed by atoms with Crippen molar-refractivity contribution in [1.82, 2.24) is 0 Å². The second-order valence-electron chi connectivity index (χ2n) is 1.89. The Hall–Kier alpha value is -0.800. The number of rotatable bonds is 0. The third-order valence-corrected chi connectivity index (χ3v) is 1.73. The zero-order valence-electron chi connectivity index (χ0n) is 5.17. The molecule has 3 nitrogen and oxygen atoms in total. The van der Waals surface area contributed by atoms with Crippen molar-refractivity contribution in [3.05, 3.63) is 16.1 Å². The van der Waals surface area contributed by atoms with Gasteiger partial charge in [-0.3, -0.25) is 0 Å². The summed E-state index contributed by atoms with van der Waals surface area (Å²) in [5.74, 6) is -1.86. The van der Waals surface area contributed by atoms with Gasteiger partial charge in [-0.2, -0.15) is 0 Å². The lowest BCUT2D eigenvalue weighted by Gasteiger charge is -2.03. The Bertz CT molecular complexity index is 272. The molecular formula is C6H4Cl2O3. The van der Waals surface area contributed by atoms with E-state index in [9.17, 15) is 0 Å². The van der Waals surface area contributed by atoms with Gasteiger partial charge < -0.3 is 15.3 Å². The van der Waals surface area contributed by atoms with Crippen LogP contribution in [0.25, 0.3) is 0 Å². The number of hydrogen-bond acceptors (Lipinski definition) is 3. The second kappa shape index (κ2) is 2.68. The Morgan fingerprint density at radius 1 is 0.818 bits per heavy atom. The van der Waals surface area contributed by atoms with Crippen molar-refractivity contribution in [2.45, 2.75) is 0 Å². The van der Waals surface area contributed by atoms with Gasteiger partial charge in [0.2, 0.25) is 5.75 Å². The highest BCUT2D eigenvalue weighted by atomic mass is 35.5. The molecule has 0 atom stereocenters. The molecule has 1 aromatic rings. The summed E-state index contributed by atoms with van der Waals surface area (Å²) in [5, 5.41) is 26.5. The summed E-state index contributed by atoms with van der Waals surface area (Å²) in [4.78, 5) is 0. The maximum atomic E-state index is 8.91. The minimum atomic E-state index is -0.706. The maximum absolute atomic E-state index is 8.91. The van der Waals surface area contributed by atoms with Crippen molar-refractivity contribution >= 4 is 23.2 Å². The largest absolute Gasteiger partial charge is 0.503 e. The van der Waals surface area contributed by atoms with Crippen LogP contribution in [0.3, 0.4) is 0 Å². The van der Waals surface area contributed by atoms with Crippen LogP contribution >= 0.6 is 23.2 Å². The highest BCUT2D eigenvalue weighted by Crippen LogP contribution is 2.44. The lowest BCUT2D eigenvalue weighted by atomic mass is 10.3. The topological polar surface area (TPSA) is 60.7 Å². The van der Waals surface area contributed by atoms with Crippen LogP contribution < -0.4 is 0 Å². The number of phenols is 3. The van der Waals surface area contributed by atoms with Crippen LogP contribution in [0.5, 0.6) is 17.2 Å². The van der Waals surface area contributed by atoms with E-state index in [2.05, 4.69) is 0 Å². The second-order valence-corrected chi connectivity index (χ2v) is 2.70. The van der Waals surface area contributed by atoms with Crippen LogP contribution in [0.2, 0.25) is 10.0 Å². The Morgan fingerprint density at radius 3 is 1.55 bits per heavy atom. The Morgan fingerprint density at radius 2 is 1.18 bits per heavy atom. The quantitative estimate of drug-likeness (QED) is 0.555. The Balaban J connectivity index is 3.46. The third-order valence-electron chi connectivity index (χ3n) is 1.15. The van der Waals surface area contributed by atoms with Crippen LogP contribution in [0, 0.1) is 0 Å². The molecule has 0 heterocycles. The number of benzene rings is 1. The standard InChI is InChI=1S/C6H4Cl2O3/c7-2-1-3(8)5(10)6(11)4(2)9/h1,9-11H. The number of phenolic OH excluding ortho intramolecular Hbond substituents is 3. The number of halogens is 2. The fourth-order valence-electron chi connectivity index (χ4n) is 0.586.